The van der Waals surface area contributed by atoms with Crippen molar-refractivity contribution in [3.8, 4) is 0 Å². The van der Waals surface area contributed by atoms with Gasteiger partial charge in [0, 0.05) is 6.04 Å². The summed E-state index contributed by atoms with van der Waals surface area (Å²) in [4.78, 5) is 0. The van der Waals surface area contributed by atoms with Gasteiger partial charge < -0.3 is 5.73 Å². The summed E-state index contributed by atoms with van der Waals surface area (Å²) in [5.41, 5.74) is 8.46. The highest BCUT2D eigenvalue weighted by atomic mass is 14.6. The topological polar surface area (TPSA) is 26.0 Å². The van der Waals surface area contributed by atoms with E-state index >= 15 is 0 Å². The molecule has 0 aliphatic carbocycles. The summed E-state index contributed by atoms with van der Waals surface area (Å²) in [5, 5.41) is 0. The molecule has 0 heterocycles. The second-order valence-corrected chi connectivity index (χ2v) is 3.95. The Morgan fingerprint density at radius 2 is 1.93 bits per heavy atom. The molecule has 0 spiro atoms. The highest BCUT2D eigenvalue weighted by Gasteiger charge is 1.93. The van der Waals surface area contributed by atoms with Gasteiger partial charge in [-0.3, -0.25) is 0 Å². The largest absolute Gasteiger partial charge is 0.324 e. The highest BCUT2D eigenvalue weighted by Crippen LogP contribution is 2.03. The zero-order valence-corrected chi connectivity index (χ0v) is 9.48. The lowest BCUT2D eigenvalue weighted by atomic mass is 10.1. The molecule has 1 atom stereocenters. The first-order valence-corrected chi connectivity index (χ1v) is 5.30. The molecule has 1 rings (SSSR count). The summed E-state index contributed by atoms with van der Waals surface area (Å²) >= 11 is 0. The van der Waals surface area contributed by atoms with Crippen LogP contribution in [0.1, 0.15) is 25.8 Å². The number of allylic oxidation sites excluding steroid dienone is 1. The SMILES string of the molecule is CC(C)=CC[C@H](N)/C=C/c1ccccc1. The van der Waals surface area contributed by atoms with Crippen molar-refractivity contribution in [1.82, 2.24) is 0 Å². The Kier molecular flexibility index (Phi) is 4.85. The number of hydrogen-bond donors (Lipinski definition) is 1. The minimum atomic E-state index is 0.111. The normalized spacial score (nSPS) is 12.7. The fraction of sp³-hybridized carbons (Fsp3) is 0.286. The lowest BCUT2D eigenvalue weighted by Crippen LogP contribution is -2.15. The van der Waals surface area contributed by atoms with E-state index in [2.05, 4.69) is 44.2 Å². The van der Waals surface area contributed by atoms with Crippen molar-refractivity contribution < 1.29 is 0 Å². The van der Waals surface area contributed by atoms with Gasteiger partial charge in [-0.2, -0.15) is 0 Å². The van der Waals surface area contributed by atoms with Crippen molar-refractivity contribution in [3.05, 3.63) is 53.6 Å². The Morgan fingerprint density at radius 1 is 1.27 bits per heavy atom. The molecular formula is C14H19N. The molecule has 0 bridgehead atoms. The minimum absolute atomic E-state index is 0.111. The average Bonchev–Trinajstić information content (AvgIpc) is 2.25. The molecule has 0 unspecified atom stereocenters. The fourth-order valence-corrected chi connectivity index (χ4v) is 1.25. The first-order chi connectivity index (χ1) is 7.18. The molecule has 0 aliphatic rings. The van der Waals surface area contributed by atoms with Gasteiger partial charge in [-0.25, -0.2) is 0 Å². The second kappa shape index (κ2) is 6.20. The van der Waals surface area contributed by atoms with Crippen LogP contribution in [0.4, 0.5) is 0 Å². The molecular weight excluding hydrogens is 182 g/mol. The van der Waals surface area contributed by atoms with Crippen LogP contribution in [0.5, 0.6) is 0 Å². The zero-order chi connectivity index (χ0) is 11.1. The van der Waals surface area contributed by atoms with E-state index in [9.17, 15) is 0 Å². The van der Waals surface area contributed by atoms with Gasteiger partial charge in [-0.05, 0) is 25.8 Å². The van der Waals surface area contributed by atoms with Crippen molar-refractivity contribution in [1.29, 1.82) is 0 Å². The molecule has 0 radical (unpaired) electrons. The maximum Gasteiger partial charge on any atom is 0.0262 e. The van der Waals surface area contributed by atoms with Crippen LogP contribution < -0.4 is 5.73 Å². The molecule has 15 heavy (non-hydrogen) atoms. The predicted molar refractivity (Wildman–Crippen MR) is 67.5 cm³/mol. The van der Waals surface area contributed by atoms with Gasteiger partial charge in [0.05, 0.1) is 0 Å². The van der Waals surface area contributed by atoms with Gasteiger partial charge >= 0.3 is 0 Å². The Morgan fingerprint density at radius 3 is 2.53 bits per heavy atom. The van der Waals surface area contributed by atoms with Crippen molar-refractivity contribution >= 4 is 6.08 Å². The molecule has 1 nitrogen and oxygen atoms in total. The van der Waals surface area contributed by atoms with Crippen LogP contribution in [0.25, 0.3) is 6.08 Å². The van der Waals surface area contributed by atoms with Crippen molar-refractivity contribution in [2.45, 2.75) is 26.3 Å². The van der Waals surface area contributed by atoms with Crippen LogP contribution in [0, 0.1) is 0 Å². The van der Waals surface area contributed by atoms with Gasteiger partial charge in [0.15, 0.2) is 0 Å². The summed E-state index contributed by atoms with van der Waals surface area (Å²) in [5.74, 6) is 0. The van der Waals surface area contributed by atoms with E-state index in [-0.39, 0.29) is 6.04 Å². The smallest absolute Gasteiger partial charge is 0.0262 e. The molecule has 1 aromatic carbocycles. The van der Waals surface area contributed by atoms with Crippen LogP contribution >= 0.6 is 0 Å². The summed E-state index contributed by atoms with van der Waals surface area (Å²) in [7, 11) is 0. The first-order valence-electron chi connectivity index (χ1n) is 5.30. The van der Waals surface area contributed by atoms with E-state index in [1.165, 1.54) is 11.1 Å². The van der Waals surface area contributed by atoms with Crippen LogP contribution in [-0.4, -0.2) is 6.04 Å². The molecule has 0 aliphatic heterocycles. The molecule has 80 valence electrons. The van der Waals surface area contributed by atoms with Gasteiger partial charge in [-0.15, -0.1) is 0 Å². The quantitative estimate of drug-likeness (QED) is 0.742. The standard InChI is InChI=1S/C14H19N/c1-12(2)8-10-14(15)11-9-13-6-4-3-5-7-13/h3-9,11,14H,10,15H2,1-2H3/b11-9+/t14-/m0/s1. The molecule has 0 fully saturated rings. The molecule has 0 aromatic heterocycles. The molecule has 0 amide bonds. The lowest BCUT2D eigenvalue weighted by Gasteiger charge is -2.02. The van der Waals surface area contributed by atoms with Gasteiger partial charge in [0.2, 0.25) is 0 Å². The van der Waals surface area contributed by atoms with Crippen LogP contribution in [0.3, 0.4) is 0 Å². The summed E-state index contributed by atoms with van der Waals surface area (Å²) < 4.78 is 0. The van der Waals surface area contributed by atoms with Crippen molar-refractivity contribution in [2.75, 3.05) is 0 Å². The van der Waals surface area contributed by atoms with E-state index in [1.807, 2.05) is 18.2 Å². The van der Waals surface area contributed by atoms with Crippen molar-refractivity contribution in [3.63, 3.8) is 0 Å². The predicted octanol–water partition coefficient (Wildman–Crippen LogP) is 3.38. The average molecular weight is 201 g/mol. The Balaban J connectivity index is 2.48. The van der Waals surface area contributed by atoms with E-state index in [0.29, 0.717) is 0 Å². The van der Waals surface area contributed by atoms with E-state index < -0.39 is 0 Å². The third-order valence-electron chi connectivity index (χ3n) is 2.13. The third-order valence-corrected chi connectivity index (χ3v) is 2.13. The van der Waals surface area contributed by atoms with E-state index in [4.69, 9.17) is 5.73 Å². The molecule has 0 saturated heterocycles. The molecule has 0 saturated carbocycles. The monoisotopic (exact) mass is 201 g/mol. The Hall–Kier alpha value is -1.34. The molecule has 1 heteroatoms. The summed E-state index contributed by atoms with van der Waals surface area (Å²) in [6.45, 7) is 4.18. The minimum Gasteiger partial charge on any atom is -0.324 e. The highest BCUT2D eigenvalue weighted by molar-refractivity contribution is 5.49. The number of rotatable bonds is 4. The number of benzene rings is 1. The third kappa shape index (κ3) is 5.18. The van der Waals surface area contributed by atoms with Crippen molar-refractivity contribution in [2.24, 2.45) is 5.73 Å². The lowest BCUT2D eigenvalue weighted by molar-refractivity contribution is 0.832. The fourth-order valence-electron chi connectivity index (χ4n) is 1.25. The Labute approximate surface area is 92.3 Å². The zero-order valence-electron chi connectivity index (χ0n) is 9.48. The second-order valence-electron chi connectivity index (χ2n) is 3.95. The summed E-state index contributed by atoms with van der Waals surface area (Å²) in [6, 6.07) is 10.3. The van der Waals surface area contributed by atoms with Crippen LogP contribution in [0.15, 0.2) is 48.1 Å². The Bertz CT molecular complexity index is 332. The van der Waals surface area contributed by atoms with Gasteiger partial charge in [0.1, 0.15) is 0 Å². The molecule has 2 N–H and O–H groups in total. The number of hydrogen-bond acceptors (Lipinski definition) is 1. The summed E-state index contributed by atoms with van der Waals surface area (Å²) in [6.07, 6.45) is 7.20. The maximum atomic E-state index is 5.94. The van der Waals surface area contributed by atoms with E-state index in [0.717, 1.165) is 6.42 Å². The van der Waals surface area contributed by atoms with Crippen LogP contribution in [-0.2, 0) is 0 Å². The maximum absolute atomic E-state index is 5.94. The first kappa shape index (κ1) is 11.7. The van der Waals surface area contributed by atoms with Crippen LogP contribution in [0.2, 0.25) is 0 Å². The van der Waals surface area contributed by atoms with E-state index in [1.54, 1.807) is 0 Å². The van der Waals surface area contributed by atoms with Gasteiger partial charge in [-0.1, -0.05) is 54.1 Å². The number of nitrogens with two attached hydrogens (primary N) is 1. The van der Waals surface area contributed by atoms with Gasteiger partial charge in [0.25, 0.3) is 0 Å². The molecule has 1 aromatic rings.